The highest BCUT2D eigenvalue weighted by Gasteiger charge is 2.51. The van der Waals surface area contributed by atoms with E-state index >= 15 is 0 Å². The SMILES string of the molecule is C=CCN(c1ccc(C23CC4CC(CC(C4)C2)C3)cc1)S(=O)(=O)c1ccc(Cl)cc1. The van der Waals surface area contributed by atoms with Gasteiger partial charge in [-0.25, -0.2) is 8.42 Å². The molecule has 3 nitrogen and oxygen atoms in total. The predicted molar refractivity (Wildman–Crippen MR) is 122 cm³/mol. The second kappa shape index (κ2) is 7.42. The number of hydrogen-bond donors (Lipinski definition) is 0. The normalized spacial score (nSPS) is 29.7. The maximum absolute atomic E-state index is 13.3. The summed E-state index contributed by atoms with van der Waals surface area (Å²) < 4.78 is 28.0. The van der Waals surface area contributed by atoms with Gasteiger partial charge in [-0.15, -0.1) is 6.58 Å². The molecule has 0 spiro atoms. The second-order valence-electron chi connectivity index (χ2n) is 9.52. The highest BCUT2D eigenvalue weighted by Crippen LogP contribution is 2.60. The molecule has 2 aromatic carbocycles. The van der Waals surface area contributed by atoms with E-state index in [9.17, 15) is 8.42 Å². The molecular formula is C25H28ClNO2S. The molecule has 0 aliphatic heterocycles. The number of sulfonamides is 1. The highest BCUT2D eigenvalue weighted by molar-refractivity contribution is 7.92. The maximum atomic E-state index is 13.3. The molecule has 30 heavy (non-hydrogen) atoms. The Labute approximate surface area is 184 Å². The molecule has 0 radical (unpaired) electrons. The molecule has 0 saturated heterocycles. The topological polar surface area (TPSA) is 37.4 Å². The molecule has 0 unspecified atom stereocenters. The number of halogens is 1. The van der Waals surface area contributed by atoms with E-state index in [1.807, 2.05) is 12.1 Å². The van der Waals surface area contributed by atoms with Crippen molar-refractivity contribution in [1.29, 1.82) is 0 Å². The third-order valence-electron chi connectivity index (χ3n) is 7.50. The Morgan fingerprint density at radius 1 is 0.933 bits per heavy atom. The van der Waals surface area contributed by atoms with Gasteiger partial charge in [0.05, 0.1) is 17.1 Å². The predicted octanol–water partition coefficient (Wildman–Crippen LogP) is 6.19. The van der Waals surface area contributed by atoms with Crippen LogP contribution in [-0.2, 0) is 15.4 Å². The van der Waals surface area contributed by atoms with E-state index in [1.54, 1.807) is 30.3 Å². The lowest BCUT2D eigenvalue weighted by molar-refractivity contribution is -0.00518. The third kappa shape index (κ3) is 3.38. The van der Waals surface area contributed by atoms with Crippen LogP contribution in [0.25, 0.3) is 0 Å². The highest BCUT2D eigenvalue weighted by atomic mass is 35.5. The van der Waals surface area contributed by atoms with Crippen molar-refractivity contribution in [2.45, 2.75) is 48.8 Å². The molecule has 6 rings (SSSR count). The number of hydrogen-bond acceptors (Lipinski definition) is 2. The third-order valence-corrected chi connectivity index (χ3v) is 9.56. The summed E-state index contributed by atoms with van der Waals surface area (Å²) in [6.45, 7) is 3.99. The first kappa shape index (κ1) is 20.1. The van der Waals surface area contributed by atoms with Crippen LogP contribution in [0.3, 0.4) is 0 Å². The monoisotopic (exact) mass is 441 g/mol. The van der Waals surface area contributed by atoms with Gasteiger partial charge in [-0.1, -0.05) is 29.8 Å². The van der Waals surface area contributed by atoms with Crippen molar-refractivity contribution in [3.05, 3.63) is 71.8 Å². The molecule has 0 amide bonds. The number of nitrogens with zero attached hydrogens (tertiary/aromatic N) is 1. The van der Waals surface area contributed by atoms with Crippen LogP contribution in [0, 0.1) is 17.8 Å². The van der Waals surface area contributed by atoms with Crippen molar-refractivity contribution >= 4 is 27.3 Å². The standard InChI is InChI=1S/C25H28ClNO2S/c1-2-11-27(30(28,29)24-9-5-22(26)6-10-24)23-7-3-21(4-8-23)25-15-18-12-19(16-25)14-20(13-18)17-25/h2-10,18-20H,1,11-17H2. The lowest BCUT2D eigenvalue weighted by Crippen LogP contribution is -2.48. The Morgan fingerprint density at radius 3 is 1.97 bits per heavy atom. The maximum Gasteiger partial charge on any atom is 0.264 e. The molecule has 2 aromatic rings. The van der Waals surface area contributed by atoms with Crippen LogP contribution < -0.4 is 4.31 Å². The Kier molecular flexibility index (Phi) is 4.98. The minimum absolute atomic E-state index is 0.224. The summed E-state index contributed by atoms with van der Waals surface area (Å²) in [6, 6.07) is 14.6. The number of anilines is 1. The Bertz CT molecular complexity index is 1010. The summed E-state index contributed by atoms with van der Waals surface area (Å²) in [4.78, 5) is 0.235. The quantitative estimate of drug-likeness (QED) is 0.501. The smallest absolute Gasteiger partial charge is 0.263 e. The van der Waals surface area contributed by atoms with Gasteiger partial charge in [0.25, 0.3) is 10.0 Å². The van der Waals surface area contributed by atoms with Crippen molar-refractivity contribution in [2.75, 3.05) is 10.8 Å². The lowest BCUT2D eigenvalue weighted by atomic mass is 9.48. The summed E-state index contributed by atoms with van der Waals surface area (Å²) in [7, 11) is -3.69. The Hall–Kier alpha value is -1.78. The zero-order chi connectivity index (χ0) is 20.9. The van der Waals surface area contributed by atoms with Gasteiger partial charge in [-0.3, -0.25) is 4.31 Å². The second-order valence-corrected chi connectivity index (χ2v) is 11.8. The van der Waals surface area contributed by atoms with Crippen molar-refractivity contribution in [3.63, 3.8) is 0 Å². The largest absolute Gasteiger partial charge is 0.264 e. The zero-order valence-corrected chi connectivity index (χ0v) is 18.7. The van der Waals surface area contributed by atoms with Gasteiger partial charge in [-0.2, -0.15) is 0 Å². The van der Waals surface area contributed by atoms with Crippen LogP contribution in [0.1, 0.15) is 44.1 Å². The van der Waals surface area contributed by atoms with Crippen molar-refractivity contribution < 1.29 is 8.42 Å². The van der Waals surface area contributed by atoms with Crippen LogP contribution in [-0.4, -0.2) is 15.0 Å². The molecule has 0 N–H and O–H groups in total. The molecule has 0 heterocycles. The van der Waals surface area contributed by atoms with E-state index in [-0.39, 0.29) is 11.4 Å². The van der Waals surface area contributed by atoms with Gasteiger partial charge in [0.15, 0.2) is 0 Å². The number of rotatable bonds is 6. The van der Waals surface area contributed by atoms with Gasteiger partial charge < -0.3 is 0 Å². The van der Waals surface area contributed by atoms with Gasteiger partial charge in [0.2, 0.25) is 0 Å². The average molecular weight is 442 g/mol. The van der Waals surface area contributed by atoms with E-state index in [4.69, 9.17) is 11.6 Å². The van der Waals surface area contributed by atoms with E-state index in [1.165, 1.54) is 48.4 Å². The molecule has 4 fully saturated rings. The van der Waals surface area contributed by atoms with Crippen molar-refractivity contribution in [2.24, 2.45) is 17.8 Å². The molecule has 158 valence electrons. The average Bonchev–Trinajstić information content (AvgIpc) is 2.71. The fourth-order valence-electron chi connectivity index (χ4n) is 6.64. The van der Waals surface area contributed by atoms with Crippen molar-refractivity contribution in [3.8, 4) is 0 Å². The van der Waals surface area contributed by atoms with E-state index in [0.29, 0.717) is 16.1 Å². The first-order chi connectivity index (χ1) is 14.4. The minimum Gasteiger partial charge on any atom is -0.263 e. The minimum atomic E-state index is -3.69. The van der Waals surface area contributed by atoms with E-state index in [2.05, 4.69) is 18.7 Å². The van der Waals surface area contributed by atoms with Crippen LogP contribution in [0.15, 0.2) is 66.1 Å². The number of benzene rings is 2. The first-order valence-corrected chi connectivity index (χ1v) is 12.7. The molecular weight excluding hydrogens is 414 g/mol. The lowest BCUT2D eigenvalue weighted by Gasteiger charge is -2.57. The molecule has 0 aromatic heterocycles. The Balaban J connectivity index is 1.46. The fraction of sp³-hybridized carbons (Fsp3) is 0.440. The summed E-state index contributed by atoms with van der Waals surface area (Å²) in [5, 5.41) is 0.518. The first-order valence-electron chi connectivity index (χ1n) is 10.9. The zero-order valence-electron chi connectivity index (χ0n) is 17.1. The van der Waals surface area contributed by atoms with Gasteiger partial charge in [0.1, 0.15) is 0 Å². The van der Waals surface area contributed by atoms with E-state index < -0.39 is 10.0 Å². The van der Waals surface area contributed by atoms with Crippen LogP contribution in [0.5, 0.6) is 0 Å². The summed E-state index contributed by atoms with van der Waals surface area (Å²) in [6.07, 6.45) is 9.80. The van der Waals surface area contributed by atoms with Gasteiger partial charge >= 0.3 is 0 Å². The molecule has 0 atom stereocenters. The van der Waals surface area contributed by atoms with Crippen LogP contribution >= 0.6 is 11.6 Å². The van der Waals surface area contributed by atoms with Crippen LogP contribution in [0.2, 0.25) is 5.02 Å². The van der Waals surface area contributed by atoms with Gasteiger partial charge in [-0.05, 0) is 104 Å². The van der Waals surface area contributed by atoms with Crippen molar-refractivity contribution in [1.82, 2.24) is 0 Å². The molecule has 4 aliphatic carbocycles. The van der Waals surface area contributed by atoms with E-state index in [0.717, 1.165) is 17.8 Å². The summed E-state index contributed by atoms with van der Waals surface area (Å²) in [5.41, 5.74) is 2.39. The Morgan fingerprint density at radius 2 is 1.47 bits per heavy atom. The summed E-state index contributed by atoms with van der Waals surface area (Å²) in [5.74, 6) is 2.66. The fourth-order valence-corrected chi connectivity index (χ4v) is 8.20. The summed E-state index contributed by atoms with van der Waals surface area (Å²) >= 11 is 5.94. The van der Waals surface area contributed by atoms with Crippen LogP contribution in [0.4, 0.5) is 5.69 Å². The molecule has 4 bridgehead atoms. The molecule has 4 saturated carbocycles. The molecule has 4 aliphatic rings. The molecule has 5 heteroatoms. The van der Waals surface area contributed by atoms with Gasteiger partial charge in [0, 0.05) is 5.02 Å².